The average molecular weight is 716 g/mol. The number of hydrogen-bond donors (Lipinski definition) is 1. The zero-order chi connectivity index (χ0) is 13.0. The number of thioether (sulfide) groups is 1. The summed E-state index contributed by atoms with van der Waals surface area (Å²) >= 11 is 9.70. The zero-order valence-electron chi connectivity index (χ0n) is 9.32. The van der Waals surface area contributed by atoms with E-state index in [0.717, 1.165) is 16.9 Å². The Morgan fingerprint density at radius 3 is 3.06 bits per heavy atom. The summed E-state index contributed by atoms with van der Waals surface area (Å²) in [6.07, 6.45) is 3.22. The van der Waals surface area contributed by atoms with Crippen LogP contribution in [0.1, 0.15) is 6.42 Å². The Balaban J connectivity index is 0.000000367. The van der Waals surface area contributed by atoms with E-state index in [4.69, 9.17) is 0 Å². The van der Waals surface area contributed by atoms with Crippen molar-refractivity contribution in [3.05, 3.63) is 10.7 Å². The van der Waals surface area contributed by atoms with E-state index in [1.54, 1.807) is 0 Å². The van der Waals surface area contributed by atoms with Gasteiger partial charge in [-0.25, -0.2) is 9.98 Å². The fraction of sp³-hybridized carbons (Fsp3) is 0.556. The molecule has 0 radical (unpaired) electrons. The summed E-state index contributed by atoms with van der Waals surface area (Å²) < 4.78 is 1.16. The fourth-order valence-corrected chi connectivity index (χ4v) is 4.12. The number of aliphatic imine (C=N–C) groups is 2. The third-order valence-corrected chi connectivity index (χ3v) is 4.97. The molecule has 1 atom stereocenters. The summed E-state index contributed by atoms with van der Waals surface area (Å²) in [4.78, 5) is 11.1. The second kappa shape index (κ2) is 8.53. The van der Waals surface area contributed by atoms with E-state index in [1.165, 1.54) is 22.9 Å². The first-order chi connectivity index (χ1) is 8.81. The summed E-state index contributed by atoms with van der Waals surface area (Å²) in [6.45, 7) is 0.800. The first-order valence-electron chi connectivity index (χ1n) is 5.32. The average Bonchev–Trinajstić information content (AvgIpc) is 2.87. The molecule has 3 rings (SSSR count). The summed E-state index contributed by atoms with van der Waals surface area (Å²) in [5, 5.41) is 3.56. The predicted molar refractivity (Wildman–Crippen MR) is 99.4 cm³/mol. The van der Waals surface area contributed by atoms with Crippen molar-refractivity contribution in [2.75, 3.05) is 16.8 Å². The van der Waals surface area contributed by atoms with Gasteiger partial charge in [-0.1, -0.05) is 22.6 Å². The fourth-order valence-electron chi connectivity index (χ4n) is 2.00. The molecule has 18 heavy (non-hydrogen) atoms. The van der Waals surface area contributed by atoms with E-state index in [9.17, 15) is 0 Å². The molecule has 4 nitrogen and oxygen atoms in total. The van der Waals surface area contributed by atoms with Gasteiger partial charge < -0.3 is 4.90 Å². The van der Waals surface area contributed by atoms with Crippen molar-refractivity contribution >= 4 is 83.8 Å². The second-order valence-electron chi connectivity index (χ2n) is 3.74. The summed E-state index contributed by atoms with van der Waals surface area (Å²) in [5.41, 5.74) is 1.26. The molecular formula is C9H12I4N4S. The number of nitrogens with two attached hydrogens (primary N) is 1. The number of amidine groups is 1. The van der Waals surface area contributed by atoms with E-state index in [-0.39, 0.29) is 0 Å². The van der Waals surface area contributed by atoms with Crippen LogP contribution in [0.2, 0.25) is 0 Å². The van der Waals surface area contributed by atoms with Gasteiger partial charge in [-0.05, 0) is 6.42 Å². The maximum absolute atomic E-state index is 4.42. The first-order valence-corrected chi connectivity index (χ1v) is 20.4. The van der Waals surface area contributed by atoms with E-state index in [2.05, 4.69) is 80.0 Å². The molecule has 0 aromatic rings. The second-order valence-corrected chi connectivity index (χ2v) is 21.9. The van der Waals surface area contributed by atoms with Gasteiger partial charge in [-0.15, -0.1) is 11.8 Å². The van der Waals surface area contributed by atoms with Gasteiger partial charge in [0, 0.05) is 16.2 Å². The van der Waals surface area contributed by atoms with Crippen LogP contribution in [0.4, 0.5) is 0 Å². The molecule has 3 aliphatic heterocycles. The van der Waals surface area contributed by atoms with Crippen molar-refractivity contribution in [1.82, 2.24) is 4.90 Å². The molecule has 0 aromatic carbocycles. The monoisotopic (exact) mass is 716 g/mol. The van der Waals surface area contributed by atoms with Crippen molar-refractivity contribution < 1.29 is 18.6 Å². The van der Waals surface area contributed by atoms with Gasteiger partial charge in [0.2, 0.25) is 11.5 Å². The van der Waals surface area contributed by atoms with Gasteiger partial charge >= 0.3 is 50.5 Å². The van der Waals surface area contributed by atoms with Crippen LogP contribution in [0.25, 0.3) is 0 Å². The van der Waals surface area contributed by atoms with E-state index in [0.29, 0.717) is 19.3 Å². The summed E-state index contributed by atoms with van der Waals surface area (Å²) in [7, 11) is 0. The molecule has 0 aliphatic carbocycles. The van der Waals surface area contributed by atoms with Crippen LogP contribution in [0.3, 0.4) is 0 Å². The van der Waals surface area contributed by atoms with Crippen molar-refractivity contribution in [2.24, 2.45) is 9.98 Å². The summed E-state index contributed by atoms with van der Waals surface area (Å²) in [6, 6.07) is 0.619. The minimum atomic E-state index is 0.530. The van der Waals surface area contributed by atoms with Crippen LogP contribution in [0.15, 0.2) is 20.7 Å². The quantitative estimate of drug-likeness (QED) is 0.285. The molecule has 0 spiro atoms. The van der Waals surface area contributed by atoms with Gasteiger partial charge in [-0.2, -0.15) is 0 Å². The molecule has 1 unspecified atom stereocenters. The number of nitrogens with zero attached hydrogens (tertiary/aromatic N) is 3. The van der Waals surface area contributed by atoms with E-state index in [1.807, 2.05) is 18.1 Å². The van der Waals surface area contributed by atoms with Gasteiger partial charge in [0.1, 0.15) is 5.03 Å². The van der Waals surface area contributed by atoms with Gasteiger partial charge in [0.15, 0.2) is 6.67 Å². The van der Waals surface area contributed by atoms with E-state index >= 15 is 0 Å². The van der Waals surface area contributed by atoms with Gasteiger partial charge in [0.25, 0.3) is 0 Å². The van der Waals surface area contributed by atoms with Crippen LogP contribution in [0.5, 0.6) is 0 Å². The predicted octanol–water partition coefficient (Wildman–Crippen LogP) is -0.852. The Morgan fingerprint density at radius 1 is 1.56 bits per heavy atom. The summed E-state index contributed by atoms with van der Waals surface area (Å²) in [5.74, 6) is 2.15. The van der Waals surface area contributed by atoms with Gasteiger partial charge in [0.05, 0.1) is 6.34 Å². The van der Waals surface area contributed by atoms with Gasteiger partial charge in [-0.3, -0.25) is 5.32 Å². The molecule has 0 saturated carbocycles. The Hall–Kier alpha value is 2.11. The van der Waals surface area contributed by atoms with Crippen LogP contribution in [-0.2, 0) is 0 Å². The molecule has 2 N–H and O–H groups in total. The molecule has 3 heterocycles. The van der Waals surface area contributed by atoms with E-state index < -0.39 is 0 Å². The normalized spacial score (nSPS) is 25.4. The molecule has 0 amide bonds. The van der Waals surface area contributed by atoms with Crippen LogP contribution in [0, 0.1) is 0 Å². The van der Waals surface area contributed by atoms with Crippen LogP contribution in [-0.4, -0.2) is 40.0 Å². The number of alkyl halides is 1. The zero-order valence-corrected chi connectivity index (χ0v) is 18.8. The molecule has 3 aliphatic rings. The maximum atomic E-state index is 4.42. The number of halogens is 4. The molecular weight excluding hydrogens is 704 g/mol. The number of hydrogen-bond acceptors (Lipinski definition) is 4. The van der Waals surface area contributed by atoms with Crippen LogP contribution >= 0.6 is 71.6 Å². The minimum absolute atomic E-state index is 0.530. The standard InChI is InChI=1S/C9H11IN4S.I3/c10-3-6-1-2-15-9-7-8(12-4-11-7)13-5-14(6)9;1-3-2/h5-6,11H,1-4H2;/q;-1/p+1. The molecule has 0 bridgehead atoms. The third kappa shape index (κ3) is 3.85. The first kappa shape index (κ1) is 16.5. The topological polar surface area (TPSA) is 44.6 Å². The Morgan fingerprint density at radius 2 is 2.33 bits per heavy atom. The molecule has 1 fully saturated rings. The molecule has 9 heteroatoms. The van der Waals surface area contributed by atoms with Crippen molar-refractivity contribution in [1.29, 1.82) is 0 Å². The Labute approximate surface area is 154 Å². The van der Waals surface area contributed by atoms with Crippen molar-refractivity contribution in [3.8, 4) is 0 Å². The molecule has 102 valence electrons. The van der Waals surface area contributed by atoms with Crippen LogP contribution < -0.4 is 18.6 Å². The molecule has 0 aromatic heterocycles. The van der Waals surface area contributed by atoms with Crippen molar-refractivity contribution in [3.63, 3.8) is 0 Å². The molecule has 1 saturated heterocycles. The third-order valence-electron chi connectivity index (χ3n) is 2.81. The number of quaternary nitrogens is 1. The number of rotatable bonds is 1. The Bertz CT molecular complexity index is 398. The van der Waals surface area contributed by atoms with Crippen molar-refractivity contribution in [2.45, 2.75) is 12.5 Å². The SMILES string of the molecule is ICC1CCSC2=C3[NH2+]CN=C3N=CN21.I[I-]I. The number of fused-ring (bicyclic) bond motifs is 2. The Kier molecular flexibility index (Phi) is 7.81.